The maximum atomic E-state index is 12.6. The molecule has 0 saturated heterocycles. The van der Waals surface area contributed by atoms with Crippen LogP contribution in [0.5, 0.6) is 23.0 Å². The van der Waals surface area contributed by atoms with Crippen LogP contribution >= 0.6 is 0 Å². The molecule has 1 aliphatic heterocycles. The Kier molecular flexibility index (Phi) is 9.40. The molecule has 1 aliphatic rings. The largest absolute Gasteiger partial charge is 0.493 e. The van der Waals surface area contributed by atoms with E-state index in [9.17, 15) is 9.59 Å². The molecule has 0 unspecified atom stereocenters. The zero-order valence-corrected chi connectivity index (χ0v) is 20.8. The van der Waals surface area contributed by atoms with Gasteiger partial charge < -0.3 is 28.6 Å². The molecular weight excluding hydrogens is 450 g/mol. The zero-order chi connectivity index (χ0) is 25.2. The average molecular weight is 484 g/mol. The van der Waals surface area contributed by atoms with Gasteiger partial charge >= 0.3 is 5.97 Å². The van der Waals surface area contributed by atoms with Gasteiger partial charge in [0.1, 0.15) is 0 Å². The van der Waals surface area contributed by atoms with Crippen LogP contribution in [-0.2, 0) is 27.3 Å². The third kappa shape index (κ3) is 6.91. The van der Waals surface area contributed by atoms with Crippen molar-refractivity contribution < 1.29 is 33.3 Å². The molecule has 0 aromatic heterocycles. The van der Waals surface area contributed by atoms with E-state index in [1.807, 2.05) is 38.1 Å². The summed E-state index contributed by atoms with van der Waals surface area (Å²) in [6, 6.07) is 9.28. The average Bonchev–Trinajstić information content (AvgIpc) is 2.88. The highest BCUT2D eigenvalue weighted by Gasteiger charge is 2.23. The van der Waals surface area contributed by atoms with Crippen LogP contribution in [-0.4, -0.2) is 57.4 Å². The van der Waals surface area contributed by atoms with Gasteiger partial charge in [0.25, 0.3) is 5.91 Å². The van der Waals surface area contributed by atoms with Crippen molar-refractivity contribution in [2.45, 2.75) is 33.2 Å². The van der Waals surface area contributed by atoms with Crippen LogP contribution in [0.4, 0.5) is 0 Å². The molecule has 8 nitrogen and oxygen atoms in total. The molecule has 0 atom stereocenters. The molecule has 0 aliphatic carbocycles. The number of esters is 1. The number of carbonyl (C=O) groups is 2. The van der Waals surface area contributed by atoms with Gasteiger partial charge in [0.15, 0.2) is 29.6 Å². The van der Waals surface area contributed by atoms with Gasteiger partial charge in [-0.05, 0) is 66.8 Å². The highest BCUT2D eigenvalue weighted by molar-refractivity contribution is 5.89. The zero-order valence-electron chi connectivity index (χ0n) is 20.8. The van der Waals surface area contributed by atoms with Crippen LogP contribution in [0.25, 0.3) is 6.08 Å². The van der Waals surface area contributed by atoms with Crippen LogP contribution in [0.1, 0.15) is 37.0 Å². The van der Waals surface area contributed by atoms with E-state index < -0.39 is 5.97 Å². The fourth-order valence-electron chi connectivity index (χ4n) is 3.76. The summed E-state index contributed by atoms with van der Waals surface area (Å²) in [6.07, 6.45) is 4.50. The molecule has 35 heavy (non-hydrogen) atoms. The minimum atomic E-state index is -0.591. The van der Waals surface area contributed by atoms with E-state index in [0.717, 1.165) is 23.1 Å². The summed E-state index contributed by atoms with van der Waals surface area (Å²) in [5.74, 6) is 1.73. The highest BCUT2D eigenvalue weighted by Crippen LogP contribution is 2.33. The molecule has 2 aromatic rings. The van der Waals surface area contributed by atoms with E-state index in [-0.39, 0.29) is 12.5 Å². The molecule has 2 aromatic carbocycles. The topological polar surface area (TPSA) is 83.5 Å². The maximum Gasteiger partial charge on any atom is 0.331 e. The van der Waals surface area contributed by atoms with Crippen molar-refractivity contribution >= 4 is 18.0 Å². The first-order valence-electron chi connectivity index (χ1n) is 11.7. The van der Waals surface area contributed by atoms with E-state index in [1.54, 1.807) is 31.3 Å². The van der Waals surface area contributed by atoms with Gasteiger partial charge in [-0.1, -0.05) is 13.0 Å². The highest BCUT2D eigenvalue weighted by atomic mass is 16.5. The lowest BCUT2D eigenvalue weighted by molar-refractivity contribution is -0.148. The van der Waals surface area contributed by atoms with Gasteiger partial charge in [-0.15, -0.1) is 0 Å². The number of carbonyl (C=O) groups excluding carboxylic acids is 2. The number of rotatable bonds is 11. The standard InChI is InChI=1S/C27H33NO7/c1-5-13-34-22-9-7-19(14-25(22)33-6-2)8-10-27(30)35-18-26(29)28-12-11-20-15-23(31-3)24(32-4)16-21(20)17-28/h7-10,14-16H,5-6,11-13,17-18H2,1-4H3/b10-8+. The molecule has 0 saturated carbocycles. The third-order valence-electron chi connectivity index (χ3n) is 5.55. The van der Waals surface area contributed by atoms with Gasteiger partial charge in [-0.2, -0.15) is 0 Å². The Morgan fingerprint density at radius 3 is 2.37 bits per heavy atom. The van der Waals surface area contributed by atoms with Crippen molar-refractivity contribution in [1.29, 1.82) is 0 Å². The quantitative estimate of drug-likeness (QED) is 0.352. The number of hydrogen-bond donors (Lipinski definition) is 0. The SMILES string of the molecule is CCCOc1ccc(/C=C/C(=O)OCC(=O)N2CCc3cc(OC)c(OC)cc3C2)cc1OCC. The fourth-order valence-corrected chi connectivity index (χ4v) is 3.76. The van der Waals surface area contributed by atoms with Crippen molar-refractivity contribution in [2.75, 3.05) is 40.6 Å². The van der Waals surface area contributed by atoms with E-state index in [1.165, 1.54) is 6.08 Å². The van der Waals surface area contributed by atoms with Crippen LogP contribution in [0, 0.1) is 0 Å². The summed E-state index contributed by atoms with van der Waals surface area (Å²) in [4.78, 5) is 26.5. The number of methoxy groups -OCH3 is 2. The monoisotopic (exact) mass is 483 g/mol. The summed E-state index contributed by atoms with van der Waals surface area (Å²) in [5.41, 5.74) is 2.87. The van der Waals surface area contributed by atoms with Crippen molar-refractivity contribution in [3.05, 3.63) is 53.1 Å². The number of ether oxygens (including phenoxy) is 5. The number of benzene rings is 2. The summed E-state index contributed by atoms with van der Waals surface area (Å²) >= 11 is 0. The Hall–Kier alpha value is -3.68. The lowest BCUT2D eigenvalue weighted by atomic mass is 9.99. The number of amides is 1. The van der Waals surface area contributed by atoms with Crippen LogP contribution in [0.2, 0.25) is 0 Å². The van der Waals surface area contributed by atoms with Crippen molar-refractivity contribution in [3.8, 4) is 23.0 Å². The summed E-state index contributed by atoms with van der Waals surface area (Å²) < 4.78 is 27.2. The Morgan fingerprint density at radius 2 is 1.69 bits per heavy atom. The van der Waals surface area contributed by atoms with Crippen LogP contribution in [0.3, 0.4) is 0 Å². The molecule has 0 N–H and O–H groups in total. The second-order valence-corrected chi connectivity index (χ2v) is 7.97. The second kappa shape index (κ2) is 12.7. The smallest absolute Gasteiger partial charge is 0.331 e. The fraction of sp³-hybridized carbons (Fsp3) is 0.407. The molecule has 1 heterocycles. The van der Waals surface area contributed by atoms with Crippen LogP contribution in [0.15, 0.2) is 36.4 Å². The lowest BCUT2D eigenvalue weighted by Crippen LogP contribution is -2.38. The molecule has 0 fully saturated rings. The number of nitrogens with zero attached hydrogens (tertiary/aromatic N) is 1. The molecule has 188 valence electrons. The summed E-state index contributed by atoms with van der Waals surface area (Å²) in [5, 5.41) is 0. The van der Waals surface area contributed by atoms with E-state index in [0.29, 0.717) is 55.7 Å². The molecule has 0 spiro atoms. The van der Waals surface area contributed by atoms with Gasteiger partial charge in [-0.25, -0.2) is 4.79 Å². The number of fused-ring (bicyclic) bond motifs is 1. The van der Waals surface area contributed by atoms with E-state index >= 15 is 0 Å². The first kappa shape index (κ1) is 25.9. The molecule has 8 heteroatoms. The first-order chi connectivity index (χ1) is 17.0. The van der Waals surface area contributed by atoms with E-state index in [4.69, 9.17) is 23.7 Å². The maximum absolute atomic E-state index is 12.6. The van der Waals surface area contributed by atoms with E-state index in [2.05, 4.69) is 0 Å². The first-order valence-corrected chi connectivity index (χ1v) is 11.7. The van der Waals surface area contributed by atoms with Crippen molar-refractivity contribution in [1.82, 2.24) is 4.90 Å². The van der Waals surface area contributed by atoms with Gasteiger partial charge in [-0.3, -0.25) is 4.79 Å². The van der Waals surface area contributed by atoms with Crippen molar-refractivity contribution in [3.63, 3.8) is 0 Å². The number of hydrogen-bond acceptors (Lipinski definition) is 7. The van der Waals surface area contributed by atoms with Gasteiger partial charge in [0, 0.05) is 19.2 Å². The normalized spacial score (nSPS) is 12.7. The summed E-state index contributed by atoms with van der Waals surface area (Å²) in [6.45, 7) is 5.68. The summed E-state index contributed by atoms with van der Waals surface area (Å²) in [7, 11) is 3.18. The molecular formula is C27H33NO7. The van der Waals surface area contributed by atoms with Crippen LogP contribution < -0.4 is 18.9 Å². The predicted molar refractivity (Wildman–Crippen MR) is 132 cm³/mol. The Bertz CT molecular complexity index is 1060. The minimum absolute atomic E-state index is 0.247. The third-order valence-corrected chi connectivity index (χ3v) is 5.55. The second-order valence-electron chi connectivity index (χ2n) is 7.97. The molecule has 3 rings (SSSR count). The van der Waals surface area contributed by atoms with Crippen molar-refractivity contribution in [2.24, 2.45) is 0 Å². The van der Waals surface area contributed by atoms with Gasteiger partial charge in [0.2, 0.25) is 0 Å². The Morgan fingerprint density at radius 1 is 0.943 bits per heavy atom. The Labute approximate surface area is 206 Å². The molecule has 1 amide bonds. The van der Waals surface area contributed by atoms with Gasteiger partial charge in [0.05, 0.1) is 27.4 Å². The lowest BCUT2D eigenvalue weighted by Gasteiger charge is -2.29. The Balaban J connectivity index is 1.55. The predicted octanol–water partition coefficient (Wildman–Crippen LogP) is 4.03. The molecule has 0 radical (unpaired) electrons. The molecule has 0 bridgehead atoms. The minimum Gasteiger partial charge on any atom is -0.493 e.